The fourth-order valence-corrected chi connectivity index (χ4v) is 3.16. The maximum atomic E-state index is 13.0. The number of carbonyl (C=O) groups excluding carboxylic acids is 3. The number of hydrogen-bond donors (Lipinski definition) is 9. The van der Waals surface area contributed by atoms with Gasteiger partial charge < -0.3 is 43.2 Å². The van der Waals surface area contributed by atoms with Crippen LogP contribution in [0.2, 0.25) is 0 Å². The monoisotopic (exact) mass is 513 g/mol. The van der Waals surface area contributed by atoms with E-state index in [1.54, 1.807) is 13.8 Å². The van der Waals surface area contributed by atoms with Gasteiger partial charge in [-0.1, -0.05) is 13.8 Å². The van der Waals surface area contributed by atoms with Gasteiger partial charge in [0, 0.05) is 30.6 Å². The van der Waals surface area contributed by atoms with Gasteiger partial charge in [0.15, 0.2) is 5.96 Å². The van der Waals surface area contributed by atoms with Gasteiger partial charge in [0.1, 0.15) is 18.1 Å². The lowest BCUT2D eigenvalue weighted by molar-refractivity contribution is -0.142. The standard InChI is InChI=1S/C20H35N9O5S/c1-10(2)15(21)18(32)27-12(4-3-5-25-20(22)23)16(30)29-14(8-35)17(31)28-13(19(33)34)6-11-7-24-9-26-11/h7,9-10,12-15,35H,3-6,8,21H2,1-2H3,(H,24,26)(H,27,32)(H,28,31)(H,29,30)(H,33,34)(H4,22,23,25). The van der Waals surface area contributed by atoms with Crippen LogP contribution in [0.15, 0.2) is 17.5 Å². The van der Waals surface area contributed by atoms with E-state index in [-0.39, 0.29) is 37.0 Å². The number of nitrogens with one attached hydrogen (secondary N) is 4. The minimum Gasteiger partial charge on any atom is -0.480 e. The summed E-state index contributed by atoms with van der Waals surface area (Å²) in [4.78, 5) is 60.1. The summed E-state index contributed by atoms with van der Waals surface area (Å²) in [6.07, 6.45) is 3.32. The molecule has 11 N–H and O–H groups in total. The van der Waals surface area contributed by atoms with Crippen molar-refractivity contribution in [3.05, 3.63) is 18.2 Å². The molecule has 0 aliphatic heterocycles. The summed E-state index contributed by atoms with van der Waals surface area (Å²) in [5, 5.41) is 16.9. The number of carboxylic acids is 1. The Bertz CT molecular complexity index is 874. The first kappa shape index (κ1) is 29.7. The van der Waals surface area contributed by atoms with Crippen molar-refractivity contribution in [2.75, 3.05) is 12.3 Å². The molecule has 35 heavy (non-hydrogen) atoms. The number of aromatic nitrogens is 2. The van der Waals surface area contributed by atoms with Gasteiger partial charge in [-0.15, -0.1) is 0 Å². The number of aromatic amines is 1. The van der Waals surface area contributed by atoms with E-state index < -0.39 is 47.9 Å². The number of aliphatic carboxylic acids is 1. The zero-order valence-electron chi connectivity index (χ0n) is 19.7. The maximum Gasteiger partial charge on any atom is 0.326 e. The molecule has 0 bridgehead atoms. The minimum atomic E-state index is -1.26. The van der Waals surface area contributed by atoms with Gasteiger partial charge in [0.25, 0.3) is 0 Å². The Morgan fingerprint density at radius 3 is 2.20 bits per heavy atom. The number of nitrogens with two attached hydrogens (primary N) is 3. The number of amides is 3. The van der Waals surface area contributed by atoms with E-state index in [0.717, 1.165) is 0 Å². The largest absolute Gasteiger partial charge is 0.480 e. The quantitative estimate of drug-likeness (QED) is 0.0518. The van der Waals surface area contributed by atoms with Crippen LogP contribution in [0.25, 0.3) is 0 Å². The number of carboxylic acid groups (broad SMARTS) is 1. The van der Waals surface area contributed by atoms with E-state index in [1.807, 2.05) is 0 Å². The van der Waals surface area contributed by atoms with Gasteiger partial charge in [0.2, 0.25) is 17.7 Å². The van der Waals surface area contributed by atoms with Crippen molar-refractivity contribution in [2.45, 2.75) is 57.3 Å². The normalized spacial score (nSPS) is 14.3. The summed E-state index contributed by atoms with van der Waals surface area (Å²) in [5.74, 6) is -3.58. The van der Waals surface area contributed by atoms with E-state index in [2.05, 4.69) is 43.5 Å². The first-order valence-corrected chi connectivity index (χ1v) is 11.6. The van der Waals surface area contributed by atoms with E-state index in [0.29, 0.717) is 12.1 Å². The Labute approximate surface area is 208 Å². The Balaban J connectivity index is 2.88. The average molecular weight is 514 g/mol. The Kier molecular flexibility index (Phi) is 12.6. The molecule has 4 atom stereocenters. The zero-order valence-corrected chi connectivity index (χ0v) is 20.6. The second-order valence-electron chi connectivity index (χ2n) is 8.20. The highest BCUT2D eigenvalue weighted by atomic mass is 32.1. The molecule has 0 fully saturated rings. The van der Waals surface area contributed by atoms with Gasteiger partial charge >= 0.3 is 5.97 Å². The fraction of sp³-hybridized carbons (Fsp3) is 0.600. The topological polar surface area (TPSA) is 244 Å². The van der Waals surface area contributed by atoms with Crippen LogP contribution >= 0.6 is 12.6 Å². The first-order chi connectivity index (χ1) is 16.5. The SMILES string of the molecule is CC(C)C(N)C(=O)NC(CCCN=C(N)N)C(=O)NC(CS)C(=O)NC(Cc1cnc[nH]1)C(=O)O. The molecule has 0 aliphatic rings. The molecule has 196 valence electrons. The number of nitrogens with zero attached hydrogens (tertiary/aromatic N) is 2. The van der Waals surface area contributed by atoms with Crippen molar-refractivity contribution in [1.29, 1.82) is 0 Å². The van der Waals surface area contributed by atoms with Crippen LogP contribution < -0.4 is 33.2 Å². The molecule has 3 amide bonds. The molecule has 4 unspecified atom stereocenters. The number of imidazole rings is 1. The van der Waals surface area contributed by atoms with Crippen LogP contribution in [0.1, 0.15) is 32.4 Å². The Morgan fingerprint density at radius 1 is 1.09 bits per heavy atom. The molecule has 0 spiro atoms. The number of guanidine groups is 1. The van der Waals surface area contributed by atoms with Crippen LogP contribution in [-0.2, 0) is 25.6 Å². The molecule has 1 heterocycles. The number of aliphatic imine (C=N–C) groups is 1. The molecule has 0 radical (unpaired) electrons. The van der Waals surface area contributed by atoms with Crippen LogP contribution in [-0.4, -0.2) is 81.2 Å². The highest BCUT2D eigenvalue weighted by molar-refractivity contribution is 7.80. The van der Waals surface area contributed by atoms with E-state index in [9.17, 15) is 24.3 Å². The molecule has 0 saturated heterocycles. The summed E-state index contributed by atoms with van der Waals surface area (Å²) in [6, 6.07) is -4.30. The van der Waals surface area contributed by atoms with Crippen molar-refractivity contribution in [1.82, 2.24) is 25.9 Å². The minimum absolute atomic E-state index is 0.0368. The summed E-state index contributed by atoms with van der Waals surface area (Å²) in [5.41, 5.74) is 17.0. The third-order valence-corrected chi connectivity index (χ3v) is 5.37. The molecule has 1 rings (SSSR count). The van der Waals surface area contributed by atoms with E-state index >= 15 is 0 Å². The summed E-state index contributed by atoms with van der Waals surface area (Å²) < 4.78 is 0. The van der Waals surface area contributed by atoms with Crippen molar-refractivity contribution in [2.24, 2.45) is 28.1 Å². The zero-order chi connectivity index (χ0) is 26.5. The molecule has 1 aromatic rings. The van der Waals surface area contributed by atoms with Crippen LogP contribution in [0.4, 0.5) is 0 Å². The molecular weight excluding hydrogens is 478 g/mol. The lowest BCUT2D eigenvalue weighted by atomic mass is 10.0. The summed E-state index contributed by atoms with van der Waals surface area (Å²) in [7, 11) is 0. The molecule has 14 nitrogen and oxygen atoms in total. The van der Waals surface area contributed by atoms with Crippen molar-refractivity contribution in [3.8, 4) is 0 Å². The fourth-order valence-electron chi connectivity index (χ4n) is 2.90. The molecule has 15 heteroatoms. The Morgan fingerprint density at radius 2 is 1.69 bits per heavy atom. The Hall–Kier alpha value is -3.33. The molecule has 0 aromatic carbocycles. The van der Waals surface area contributed by atoms with Crippen molar-refractivity contribution < 1.29 is 24.3 Å². The predicted molar refractivity (Wildman–Crippen MR) is 132 cm³/mol. The summed E-state index contributed by atoms with van der Waals surface area (Å²) in [6.45, 7) is 3.76. The lowest BCUT2D eigenvalue weighted by Gasteiger charge is -2.25. The lowest BCUT2D eigenvalue weighted by Crippen LogP contribution is -2.58. The van der Waals surface area contributed by atoms with Gasteiger partial charge in [-0.3, -0.25) is 19.4 Å². The smallest absolute Gasteiger partial charge is 0.326 e. The third-order valence-electron chi connectivity index (χ3n) is 5.01. The third kappa shape index (κ3) is 10.6. The van der Waals surface area contributed by atoms with Gasteiger partial charge in [-0.05, 0) is 18.8 Å². The van der Waals surface area contributed by atoms with E-state index in [4.69, 9.17) is 17.2 Å². The second-order valence-corrected chi connectivity index (χ2v) is 8.57. The highest BCUT2D eigenvalue weighted by Gasteiger charge is 2.30. The van der Waals surface area contributed by atoms with Crippen molar-refractivity contribution in [3.63, 3.8) is 0 Å². The molecule has 0 aliphatic carbocycles. The molecule has 0 saturated carbocycles. The first-order valence-electron chi connectivity index (χ1n) is 11.0. The average Bonchev–Trinajstić information content (AvgIpc) is 3.30. The number of hydrogen-bond acceptors (Lipinski definition) is 8. The van der Waals surface area contributed by atoms with Crippen molar-refractivity contribution >= 4 is 42.3 Å². The van der Waals surface area contributed by atoms with Crippen LogP contribution in [0, 0.1) is 5.92 Å². The summed E-state index contributed by atoms with van der Waals surface area (Å²) >= 11 is 4.11. The predicted octanol–water partition coefficient (Wildman–Crippen LogP) is -2.54. The maximum absolute atomic E-state index is 13.0. The number of carbonyl (C=O) groups is 4. The van der Waals surface area contributed by atoms with Gasteiger partial charge in [-0.25, -0.2) is 9.78 Å². The second kappa shape index (κ2) is 14.8. The molecule has 1 aromatic heterocycles. The molecular formula is C20H35N9O5S. The highest BCUT2D eigenvalue weighted by Crippen LogP contribution is 2.05. The van der Waals surface area contributed by atoms with E-state index in [1.165, 1.54) is 12.5 Å². The van der Waals surface area contributed by atoms with Crippen LogP contribution in [0.5, 0.6) is 0 Å². The number of rotatable bonds is 15. The van der Waals surface area contributed by atoms with Gasteiger partial charge in [0.05, 0.1) is 12.4 Å². The number of thiol groups is 1. The van der Waals surface area contributed by atoms with Gasteiger partial charge in [-0.2, -0.15) is 12.6 Å². The number of H-pyrrole nitrogens is 1. The van der Waals surface area contributed by atoms with Crippen LogP contribution in [0.3, 0.4) is 0 Å².